The summed E-state index contributed by atoms with van der Waals surface area (Å²) in [7, 11) is -3.24. The molecule has 120 valence electrons. The quantitative estimate of drug-likeness (QED) is 0.616. The number of nitrogen functional groups attached to an aromatic ring is 1. The van der Waals surface area contributed by atoms with E-state index in [-0.39, 0.29) is 19.4 Å². The number of amidine groups is 2. The van der Waals surface area contributed by atoms with E-state index in [1.165, 1.54) is 12.4 Å². The van der Waals surface area contributed by atoms with Gasteiger partial charge in [0, 0.05) is 0 Å². The number of nitrogens with two attached hydrogens (primary N) is 1. The molecule has 0 bridgehead atoms. The molecule has 0 aromatic carbocycles. The van der Waals surface area contributed by atoms with Crippen LogP contribution >= 0.6 is 7.60 Å². The van der Waals surface area contributed by atoms with Gasteiger partial charge < -0.3 is 14.8 Å². The van der Waals surface area contributed by atoms with Crippen LogP contribution in [0.15, 0.2) is 22.6 Å². The fourth-order valence-electron chi connectivity index (χ4n) is 1.63. The largest absolute Gasteiger partial charge is 0.396 e. The van der Waals surface area contributed by atoms with Crippen molar-refractivity contribution >= 4 is 25.0 Å². The van der Waals surface area contributed by atoms with E-state index in [4.69, 9.17) is 14.8 Å². The minimum atomic E-state index is -3.24. The third-order valence-electron chi connectivity index (χ3n) is 2.47. The van der Waals surface area contributed by atoms with Crippen LogP contribution < -0.4 is 16.6 Å². The van der Waals surface area contributed by atoms with Crippen LogP contribution in [0.4, 0.5) is 5.69 Å². The minimum Gasteiger partial charge on any atom is -0.396 e. The summed E-state index contributed by atoms with van der Waals surface area (Å²) in [5.41, 5.74) is 11.3. The molecule has 0 atom stereocenters. The fraction of sp³-hybridized carbons (Fsp3) is 0.455. The van der Waals surface area contributed by atoms with Crippen molar-refractivity contribution in [1.82, 2.24) is 20.8 Å². The molecule has 0 fully saturated rings. The number of aromatic nitrogens is 2. The van der Waals surface area contributed by atoms with Gasteiger partial charge in [-0.25, -0.2) is 9.97 Å². The first-order valence-corrected chi connectivity index (χ1v) is 8.41. The summed E-state index contributed by atoms with van der Waals surface area (Å²) in [6.45, 7) is 4.06. The smallest absolute Gasteiger partial charge is 0.338 e. The third-order valence-corrected chi connectivity index (χ3v) is 4.46. The highest BCUT2D eigenvalue weighted by atomic mass is 31.2. The molecule has 1 aromatic heterocycles. The van der Waals surface area contributed by atoms with Gasteiger partial charge in [-0.15, -0.1) is 0 Å². The molecule has 1 aliphatic rings. The molecule has 4 N–H and O–H groups in total. The van der Waals surface area contributed by atoms with Crippen molar-refractivity contribution in [3.05, 3.63) is 18.2 Å². The summed E-state index contributed by atoms with van der Waals surface area (Å²) in [4.78, 5) is 8.04. The molecule has 0 saturated carbocycles. The van der Waals surface area contributed by atoms with Crippen LogP contribution in [0.2, 0.25) is 0 Å². The van der Waals surface area contributed by atoms with Gasteiger partial charge in [-0.3, -0.25) is 15.4 Å². The summed E-state index contributed by atoms with van der Waals surface area (Å²) in [6, 6.07) is 0. The van der Waals surface area contributed by atoms with E-state index in [9.17, 15) is 4.57 Å². The van der Waals surface area contributed by atoms with Crippen molar-refractivity contribution in [1.29, 1.82) is 0 Å². The summed E-state index contributed by atoms with van der Waals surface area (Å²) in [5.74, 6) is 0.998. The van der Waals surface area contributed by atoms with Crippen molar-refractivity contribution < 1.29 is 13.6 Å². The molecular weight excluding hydrogens is 309 g/mol. The number of anilines is 1. The summed E-state index contributed by atoms with van der Waals surface area (Å²) in [5, 5.41) is 8.08. The van der Waals surface area contributed by atoms with Crippen molar-refractivity contribution in [3.63, 3.8) is 0 Å². The molecule has 10 nitrogen and oxygen atoms in total. The zero-order valence-corrected chi connectivity index (χ0v) is 13.2. The molecule has 0 radical (unpaired) electrons. The summed E-state index contributed by atoms with van der Waals surface area (Å²) < 4.78 is 22.8. The van der Waals surface area contributed by atoms with Gasteiger partial charge in [0.05, 0.1) is 31.3 Å². The number of nitrogens with one attached hydrogen (secondary N) is 2. The molecule has 0 saturated heterocycles. The van der Waals surface area contributed by atoms with Gasteiger partial charge in [-0.05, 0) is 13.8 Å². The van der Waals surface area contributed by atoms with Crippen LogP contribution in [0.25, 0.3) is 0 Å². The van der Waals surface area contributed by atoms with Gasteiger partial charge in [-0.1, -0.05) is 0 Å². The average molecular weight is 327 g/mol. The van der Waals surface area contributed by atoms with Crippen LogP contribution in [-0.4, -0.2) is 41.0 Å². The molecule has 22 heavy (non-hydrogen) atoms. The van der Waals surface area contributed by atoms with Crippen molar-refractivity contribution in [2.45, 2.75) is 13.8 Å². The van der Waals surface area contributed by atoms with Crippen molar-refractivity contribution in [3.8, 4) is 0 Å². The van der Waals surface area contributed by atoms with E-state index >= 15 is 0 Å². The normalized spacial score (nSPS) is 14.6. The Hall–Kier alpha value is -2.03. The lowest BCUT2D eigenvalue weighted by Gasteiger charge is -2.19. The highest BCUT2D eigenvalue weighted by Crippen LogP contribution is 2.47. The Labute approximate surface area is 127 Å². The maximum atomic E-state index is 12.4. The van der Waals surface area contributed by atoms with Crippen LogP contribution in [0.5, 0.6) is 0 Å². The van der Waals surface area contributed by atoms with Gasteiger partial charge in [0.2, 0.25) is 5.84 Å². The highest BCUT2D eigenvalue weighted by molar-refractivity contribution is 7.54. The summed E-state index contributed by atoms with van der Waals surface area (Å²) in [6.07, 6.45) is 2.91. The molecule has 1 aliphatic heterocycles. The van der Waals surface area contributed by atoms with Crippen LogP contribution in [0.3, 0.4) is 0 Å². The van der Waals surface area contributed by atoms with E-state index in [1.54, 1.807) is 13.8 Å². The van der Waals surface area contributed by atoms with Crippen molar-refractivity contribution in [2.24, 2.45) is 10.2 Å². The molecule has 1 aromatic rings. The number of nitrogens with zero attached hydrogens (tertiary/aromatic N) is 4. The standard InChI is InChI=1S/C11H18N7O3P/c1-3-20-22(19,21-4-2)7-9-15-17-11(18-16-9)10-13-5-8(12)6-14-10/h5-6H,3-4,7,12H2,1-2H3,(H,15,16)(H,17,18). The van der Waals surface area contributed by atoms with Crippen LogP contribution in [-0.2, 0) is 13.6 Å². The Balaban J connectivity index is 2.00. The second-order valence-electron chi connectivity index (χ2n) is 4.19. The lowest BCUT2D eigenvalue weighted by molar-refractivity contribution is 0.223. The predicted octanol–water partition coefficient (Wildman–Crippen LogP) is 0.493. The van der Waals surface area contributed by atoms with Gasteiger partial charge in [-0.2, -0.15) is 10.2 Å². The van der Waals surface area contributed by atoms with Gasteiger partial charge in [0.1, 0.15) is 6.16 Å². The van der Waals surface area contributed by atoms with Gasteiger partial charge >= 0.3 is 7.60 Å². The Bertz CT molecular complexity index is 607. The number of rotatable bonds is 7. The van der Waals surface area contributed by atoms with E-state index < -0.39 is 7.60 Å². The topological polar surface area (TPSA) is 136 Å². The second-order valence-corrected chi connectivity index (χ2v) is 6.24. The maximum Gasteiger partial charge on any atom is 0.338 e. The Kier molecular flexibility index (Phi) is 5.42. The van der Waals surface area contributed by atoms with Gasteiger partial charge in [0.15, 0.2) is 11.7 Å². The first-order valence-electron chi connectivity index (χ1n) is 6.68. The molecule has 0 amide bonds. The third kappa shape index (κ3) is 4.23. The van der Waals surface area contributed by atoms with E-state index in [2.05, 4.69) is 31.0 Å². The zero-order valence-electron chi connectivity index (χ0n) is 12.3. The maximum absolute atomic E-state index is 12.4. The lowest BCUT2D eigenvalue weighted by atomic mass is 10.5. The molecule has 2 rings (SSSR count). The van der Waals surface area contributed by atoms with Crippen LogP contribution in [0, 0.1) is 0 Å². The van der Waals surface area contributed by atoms with E-state index in [1.807, 2.05) is 0 Å². The Morgan fingerprint density at radius 2 is 1.77 bits per heavy atom. The predicted molar refractivity (Wildman–Crippen MR) is 82.4 cm³/mol. The number of hydrogen-bond donors (Lipinski definition) is 3. The van der Waals surface area contributed by atoms with Crippen molar-refractivity contribution in [2.75, 3.05) is 25.1 Å². The summed E-state index contributed by atoms with van der Waals surface area (Å²) >= 11 is 0. The Morgan fingerprint density at radius 3 is 2.27 bits per heavy atom. The van der Waals surface area contributed by atoms with E-state index in [0.29, 0.717) is 23.2 Å². The van der Waals surface area contributed by atoms with E-state index in [0.717, 1.165) is 0 Å². The molecule has 0 spiro atoms. The first-order chi connectivity index (χ1) is 10.6. The minimum absolute atomic E-state index is 0.0128. The fourth-order valence-corrected chi connectivity index (χ4v) is 3.18. The molecule has 0 aliphatic carbocycles. The monoisotopic (exact) mass is 327 g/mol. The zero-order chi connectivity index (χ0) is 16.0. The van der Waals surface area contributed by atoms with Gasteiger partial charge in [0.25, 0.3) is 0 Å². The SMILES string of the molecule is CCOP(=O)(CC1=NNC(c2ncc(N)cn2)=NN1)OCC. The molecule has 11 heteroatoms. The molecular formula is C11H18N7O3P. The number of hydrogen-bond acceptors (Lipinski definition) is 10. The second kappa shape index (κ2) is 7.30. The average Bonchev–Trinajstić information content (AvgIpc) is 2.49. The first kappa shape index (κ1) is 16.3. The molecule has 2 heterocycles. The molecule has 0 unspecified atom stereocenters. The highest BCUT2D eigenvalue weighted by Gasteiger charge is 2.27. The lowest BCUT2D eigenvalue weighted by Crippen LogP contribution is -2.36. The number of hydrazone groups is 2. The Morgan fingerprint density at radius 1 is 1.14 bits per heavy atom. The van der Waals surface area contributed by atoms with Crippen LogP contribution in [0.1, 0.15) is 19.7 Å².